The summed E-state index contributed by atoms with van der Waals surface area (Å²) in [7, 11) is -2.68. The molecular weight excluding hydrogens is 158 g/mol. The van der Waals surface area contributed by atoms with E-state index in [0.29, 0.717) is 5.56 Å². The fourth-order valence-corrected chi connectivity index (χ4v) is 0.948. The number of methoxy groups -OCH3 is 1. The van der Waals surface area contributed by atoms with Crippen molar-refractivity contribution in [2.45, 2.75) is 6.92 Å². The first-order chi connectivity index (χ1) is 6.81. The maximum absolute atomic E-state index is 10.7. The molecule has 0 atom stereocenters. The predicted octanol–water partition coefficient (Wildman–Crippen LogP) is 1.91. The Labute approximate surface area is 74.1 Å². The molecule has 0 aromatic heterocycles. The number of nitro benzene ring substituents is 1. The van der Waals surface area contributed by atoms with Gasteiger partial charge in [0.25, 0.3) is 0 Å². The molecule has 0 fully saturated rings. The minimum absolute atomic E-state index is 0.236. The molecule has 0 unspecified atom stereocenters. The fourth-order valence-electron chi connectivity index (χ4n) is 0.948. The van der Waals surface area contributed by atoms with Crippen molar-refractivity contribution in [3.63, 3.8) is 0 Å². The average Bonchev–Trinajstić information content (AvgIpc) is 1.99. The van der Waals surface area contributed by atoms with Gasteiger partial charge in [-0.05, 0) is 13.0 Å². The smallest absolute Gasteiger partial charge is 0.313 e. The Bertz CT molecular complexity index is 389. The van der Waals surface area contributed by atoms with Gasteiger partial charge in [-0.3, -0.25) is 10.1 Å². The molecule has 0 aliphatic heterocycles. The summed E-state index contributed by atoms with van der Waals surface area (Å²) in [6.07, 6.45) is 0. The molecule has 0 spiro atoms. The van der Waals surface area contributed by atoms with E-state index in [1.807, 2.05) is 0 Å². The average molecular weight is 170 g/mol. The molecule has 0 saturated heterocycles. The summed E-state index contributed by atoms with van der Waals surface area (Å²) < 4.78 is 25.1. The van der Waals surface area contributed by atoms with Crippen molar-refractivity contribution in [3.8, 4) is 5.75 Å². The van der Waals surface area contributed by atoms with E-state index in [4.69, 9.17) is 4.11 Å². The molecule has 0 aliphatic carbocycles. The summed E-state index contributed by atoms with van der Waals surface area (Å²) in [6.45, 7) is 1.52. The second-order valence-electron chi connectivity index (χ2n) is 2.28. The maximum atomic E-state index is 10.7. The number of aryl methyl sites for hydroxylation is 1. The Morgan fingerprint density at radius 1 is 1.67 bits per heavy atom. The molecule has 0 amide bonds. The molecule has 1 aromatic carbocycles. The van der Waals surface area contributed by atoms with Crippen LogP contribution in [0, 0.1) is 17.0 Å². The molecule has 0 radical (unpaired) electrons. The van der Waals surface area contributed by atoms with Gasteiger partial charge in [0.1, 0.15) is 0 Å². The van der Waals surface area contributed by atoms with Crippen LogP contribution in [0.25, 0.3) is 0 Å². The van der Waals surface area contributed by atoms with E-state index < -0.39 is 12.0 Å². The normalized spacial score (nSPS) is 14.2. The van der Waals surface area contributed by atoms with E-state index in [9.17, 15) is 10.1 Å². The SMILES string of the molecule is [2H]C([2H])([2H])Oc1cccc(C)c1[N+](=O)[O-]. The van der Waals surface area contributed by atoms with Crippen LogP contribution in [-0.2, 0) is 0 Å². The van der Waals surface area contributed by atoms with Gasteiger partial charge in [0.15, 0.2) is 5.75 Å². The summed E-state index contributed by atoms with van der Waals surface area (Å²) in [5.74, 6) is -0.236. The van der Waals surface area contributed by atoms with Crippen LogP contribution in [0.5, 0.6) is 5.75 Å². The molecule has 0 saturated carbocycles. The molecule has 0 heterocycles. The third-order valence-electron chi connectivity index (χ3n) is 1.49. The topological polar surface area (TPSA) is 52.4 Å². The van der Waals surface area contributed by atoms with Crippen LogP contribution in [0.15, 0.2) is 18.2 Å². The van der Waals surface area contributed by atoms with Gasteiger partial charge in [-0.1, -0.05) is 12.1 Å². The summed E-state index contributed by atoms with van der Waals surface area (Å²) in [4.78, 5) is 10.0. The van der Waals surface area contributed by atoms with E-state index in [2.05, 4.69) is 4.74 Å². The zero-order valence-corrected chi connectivity index (χ0v) is 6.40. The standard InChI is InChI=1S/C8H9NO3/c1-6-4-3-5-7(12-2)8(6)9(10)11/h3-5H,1-2H3/i2D3. The van der Waals surface area contributed by atoms with Crippen LogP contribution in [0.2, 0.25) is 0 Å². The number of hydrogen-bond donors (Lipinski definition) is 0. The quantitative estimate of drug-likeness (QED) is 0.503. The third kappa shape index (κ3) is 1.37. The van der Waals surface area contributed by atoms with E-state index in [-0.39, 0.29) is 11.4 Å². The first kappa shape index (κ1) is 5.13. The summed E-state index contributed by atoms with van der Waals surface area (Å²) in [5.41, 5.74) is 0.0513. The molecular formula is C8H9NO3. The molecule has 0 aliphatic rings. The number of nitrogens with zero attached hydrogens (tertiary/aromatic N) is 1. The second kappa shape index (κ2) is 3.21. The molecule has 0 bridgehead atoms. The zero-order valence-electron chi connectivity index (χ0n) is 9.40. The molecule has 4 nitrogen and oxygen atoms in total. The van der Waals surface area contributed by atoms with Crippen molar-refractivity contribution in [1.29, 1.82) is 0 Å². The van der Waals surface area contributed by atoms with Gasteiger partial charge < -0.3 is 4.74 Å². The molecule has 4 heteroatoms. The Morgan fingerprint density at radius 3 is 3.00 bits per heavy atom. The van der Waals surface area contributed by atoms with Gasteiger partial charge in [-0.25, -0.2) is 0 Å². The van der Waals surface area contributed by atoms with Crippen LogP contribution >= 0.6 is 0 Å². The Hall–Kier alpha value is -1.58. The highest BCUT2D eigenvalue weighted by atomic mass is 16.6. The Balaban J connectivity index is 3.18. The lowest BCUT2D eigenvalue weighted by Crippen LogP contribution is -1.95. The monoisotopic (exact) mass is 170 g/mol. The fraction of sp³-hybridized carbons (Fsp3) is 0.250. The van der Waals surface area contributed by atoms with Crippen LogP contribution in [0.4, 0.5) is 5.69 Å². The van der Waals surface area contributed by atoms with Crippen molar-refractivity contribution in [1.82, 2.24) is 0 Å². The number of rotatable bonds is 2. The number of hydrogen-bond acceptors (Lipinski definition) is 3. The third-order valence-corrected chi connectivity index (χ3v) is 1.49. The minimum Gasteiger partial charge on any atom is -0.490 e. The largest absolute Gasteiger partial charge is 0.490 e. The Morgan fingerprint density at radius 2 is 2.42 bits per heavy atom. The second-order valence-corrected chi connectivity index (χ2v) is 2.28. The number of para-hydroxylation sites is 1. The highest BCUT2D eigenvalue weighted by Crippen LogP contribution is 2.29. The highest BCUT2D eigenvalue weighted by molar-refractivity contribution is 5.51. The molecule has 0 N–H and O–H groups in total. The number of ether oxygens (including phenoxy) is 1. The van der Waals surface area contributed by atoms with Crippen molar-refractivity contribution in [2.24, 2.45) is 0 Å². The lowest BCUT2D eigenvalue weighted by atomic mass is 10.2. The van der Waals surface area contributed by atoms with E-state index in [1.165, 1.54) is 25.1 Å². The summed E-state index contributed by atoms with van der Waals surface area (Å²) in [5, 5.41) is 10.7. The van der Waals surface area contributed by atoms with Crippen LogP contribution in [0.1, 0.15) is 9.68 Å². The first-order valence-corrected chi connectivity index (χ1v) is 3.24. The molecule has 1 aromatic rings. The van der Waals surface area contributed by atoms with Crippen molar-refractivity contribution < 1.29 is 13.8 Å². The van der Waals surface area contributed by atoms with Gasteiger partial charge >= 0.3 is 5.69 Å². The van der Waals surface area contributed by atoms with E-state index in [1.54, 1.807) is 0 Å². The van der Waals surface area contributed by atoms with Crippen molar-refractivity contribution >= 4 is 5.69 Å². The molecule has 12 heavy (non-hydrogen) atoms. The van der Waals surface area contributed by atoms with Crippen LogP contribution < -0.4 is 4.74 Å². The lowest BCUT2D eigenvalue weighted by Gasteiger charge is -2.02. The van der Waals surface area contributed by atoms with E-state index >= 15 is 0 Å². The van der Waals surface area contributed by atoms with Crippen LogP contribution in [-0.4, -0.2) is 12.0 Å². The zero-order chi connectivity index (χ0) is 11.6. The van der Waals surface area contributed by atoms with Crippen LogP contribution in [0.3, 0.4) is 0 Å². The number of nitro groups is 1. The highest BCUT2D eigenvalue weighted by Gasteiger charge is 2.16. The first-order valence-electron chi connectivity index (χ1n) is 4.74. The van der Waals surface area contributed by atoms with Crippen molar-refractivity contribution in [3.05, 3.63) is 33.9 Å². The number of benzene rings is 1. The van der Waals surface area contributed by atoms with Gasteiger partial charge in [0.2, 0.25) is 0 Å². The van der Waals surface area contributed by atoms with E-state index in [0.717, 1.165) is 0 Å². The van der Waals surface area contributed by atoms with Gasteiger partial charge in [0, 0.05) is 5.56 Å². The molecule has 64 valence electrons. The Kier molecular flexibility index (Phi) is 1.37. The summed E-state index contributed by atoms with van der Waals surface area (Å²) in [6, 6.07) is 4.28. The predicted molar refractivity (Wildman–Crippen MR) is 44.4 cm³/mol. The maximum Gasteiger partial charge on any atom is 0.313 e. The van der Waals surface area contributed by atoms with Gasteiger partial charge in [0.05, 0.1) is 16.1 Å². The summed E-state index contributed by atoms with van der Waals surface area (Å²) >= 11 is 0. The van der Waals surface area contributed by atoms with Crippen molar-refractivity contribution in [2.75, 3.05) is 7.04 Å². The molecule has 1 rings (SSSR count). The lowest BCUT2D eigenvalue weighted by molar-refractivity contribution is -0.386. The minimum atomic E-state index is -2.68. The van der Waals surface area contributed by atoms with Gasteiger partial charge in [-0.2, -0.15) is 0 Å². The van der Waals surface area contributed by atoms with Gasteiger partial charge in [-0.15, -0.1) is 0 Å².